The summed E-state index contributed by atoms with van der Waals surface area (Å²) in [6, 6.07) is 4.94. The molecule has 1 heterocycles. The van der Waals surface area contributed by atoms with E-state index in [4.69, 9.17) is 19.9 Å². The molecule has 1 aromatic rings. The van der Waals surface area contributed by atoms with Gasteiger partial charge in [-0.15, -0.1) is 0 Å². The summed E-state index contributed by atoms with van der Waals surface area (Å²) in [5, 5.41) is 0. The summed E-state index contributed by atoms with van der Waals surface area (Å²) in [5.41, 5.74) is 6.77. The molecule has 1 aliphatic heterocycles. The first-order valence-corrected chi connectivity index (χ1v) is 7.01. The zero-order chi connectivity index (χ0) is 14.4. The maximum absolute atomic E-state index is 11.6. The molecule has 110 valence electrons. The fourth-order valence-electron chi connectivity index (χ4n) is 2.14. The zero-order valence-corrected chi connectivity index (χ0v) is 11.8. The van der Waals surface area contributed by atoms with Crippen molar-refractivity contribution in [3.8, 4) is 5.75 Å². The molecule has 0 aliphatic carbocycles. The van der Waals surface area contributed by atoms with E-state index in [0.29, 0.717) is 30.2 Å². The maximum atomic E-state index is 11.6. The highest BCUT2D eigenvalue weighted by Crippen LogP contribution is 2.24. The summed E-state index contributed by atoms with van der Waals surface area (Å²) in [6.45, 7) is 3.40. The predicted octanol–water partition coefficient (Wildman–Crippen LogP) is 2.39. The van der Waals surface area contributed by atoms with Crippen LogP contribution in [-0.2, 0) is 9.47 Å². The van der Waals surface area contributed by atoms with Gasteiger partial charge in [0.05, 0.1) is 24.0 Å². The number of hydrogen-bond acceptors (Lipinski definition) is 5. The molecular formula is C15H21NO4. The number of nitrogen functional groups attached to an aromatic ring is 1. The molecule has 1 aromatic carbocycles. The minimum absolute atomic E-state index is 0.132. The number of nitrogens with two attached hydrogens (primary N) is 1. The highest BCUT2D eigenvalue weighted by molar-refractivity contribution is 5.91. The lowest BCUT2D eigenvalue weighted by molar-refractivity contribution is -0.0109. The van der Waals surface area contributed by atoms with Gasteiger partial charge in [0.25, 0.3) is 0 Å². The molecule has 5 heteroatoms. The van der Waals surface area contributed by atoms with Gasteiger partial charge in [0.1, 0.15) is 12.4 Å². The number of carbonyl (C=O) groups is 1. The van der Waals surface area contributed by atoms with Crippen LogP contribution >= 0.6 is 0 Å². The van der Waals surface area contributed by atoms with Crippen molar-refractivity contribution in [2.75, 3.05) is 25.6 Å². The van der Waals surface area contributed by atoms with Crippen molar-refractivity contribution < 1.29 is 19.0 Å². The topological polar surface area (TPSA) is 70.8 Å². The average Bonchev–Trinajstić information content (AvgIpc) is 2.47. The summed E-state index contributed by atoms with van der Waals surface area (Å²) in [4.78, 5) is 11.6. The van der Waals surface area contributed by atoms with Gasteiger partial charge in [0.2, 0.25) is 0 Å². The molecule has 20 heavy (non-hydrogen) atoms. The van der Waals surface area contributed by atoms with Gasteiger partial charge in [-0.25, -0.2) is 4.79 Å². The number of ether oxygens (including phenoxy) is 3. The first kappa shape index (κ1) is 14.7. The maximum Gasteiger partial charge on any atom is 0.338 e. The van der Waals surface area contributed by atoms with E-state index >= 15 is 0 Å². The Hall–Kier alpha value is -1.75. The van der Waals surface area contributed by atoms with Crippen LogP contribution in [0.5, 0.6) is 5.75 Å². The number of carbonyl (C=O) groups excluding carboxylic acids is 1. The van der Waals surface area contributed by atoms with E-state index in [-0.39, 0.29) is 12.1 Å². The lowest BCUT2D eigenvalue weighted by Gasteiger charge is -2.23. The molecule has 2 N–H and O–H groups in total. The molecule has 1 aliphatic rings. The Morgan fingerprint density at radius 3 is 2.95 bits per heavy atom. The summed E-state index contributed by atoms with van der Waals surface area (Å²) in [5.74, 6) is 0.202. The molecule has 0 aromatic heterocycles. The van der Waals surface area contributed by atoms with E-state index in [1.54, 1.807) is 25.1 Å². The molecular weight excluding hydrogens is 258 g/mol. The van der Waals surface area contributed by atoms with Crippen LogP contribution < -0.4 is 10.5 Å². The Bertz CT molecular complexity index is 455. The smallest absolute Gasteiger partial charge is 0.338 e. The molecule has 0 amide bonds. The van der Waals surface area contributed by atoms with Gasteiger partial charge >= 0.3 is 5.97 Å². The second-order valence-electron chi connectivity index (χ2n) is 4.77. The predicted molar refractivity (Wildman–Crippen MR) is 75.9 cm³/mol. The highest BCUT2D eigenvalue weighted by atomic mass is 16.5. The molecule has 0 saturated carbocycles. The van der Waals surface area contributed by atoms with Gasteiger partial charge < -0.3 is 19.9 Å². The van der Waals surface area contributed by atoms with Gasteiger partial charge in [0.15, 0.2) is 0 Å². The Morgan fingerprint density at radius 2 is 2.30 bits per heavy atom. The third-order valence-electron chi connectivity index (χ3n) is 3.22. The third kappa shape index (κ3) is 3.87. The number of benzene rings is 1. The normalized spacial score (nSPS) is 18.6. The SMILES string of the molecule is CCOC(=O)c1ccc(OCC2CCCCO2)c(N)c1. The van der Waals surface area contributed by atoms with Crippen molar-refractivity contribution in [3.05, 3.63) is 23.8 Å². The Morgan fingerprint density at radius 1 is 1.45 bits per heavy atom. The van der Waals surface area contributed by atoms with Crippen molar-refractivity contribution in [1.29, 1.82) is 0 Å². The summed E-state index contributed by atoms with van der Waals surface area (Å²) < 4.78 is 16.2. The molecule has 0 spiro atoms. The fourth-order valence-corrected chi connectivity index (χ4v) is 2.14. The van der Waals surface area contributed by atoms with Crippen LogP contribution in [0.25, 0.3) is 0 Å². The number of hydrogen-bond donors (Lipinski definition) is 1. The van der Waals surface area contributed by atoms with Crippen molar-refractivity contribution in [1.82, 2.24) is 0 Å². The lowest BCUT2D eigenvalue weighted by Crippen LogP contribution is -2.26. The molecule has 2 rings (SSSR count). The first-order chi connectivity index (χ1) is 9.70. The monoisotopic (exact) mass is 279 g/mol. The van der Waals surface area contributed by atoms with Crippen molar-refractivity contribution in [2.24, 2.45) is 0 Å². The lowest BCUT2D eigenvalue weighted by atomic mass is 10.1. The van der Waals surface area contributed by atoms with Crippen LogP contribution in [-0.4, -0.2) is 31.9 Å². The molecule has 1 saturated heterocycles. The van der Waals surface area contributed by atoms with Crippen LogP contribution in [0.3, 0.4) is 0 Å². The van der Waals surface area contributed by atoms with Gasteiger partial charge in [-0.05, 0) is 44.4 Å². The van der Waals surface area contributed by atoms with E-state index in [2.05, 4.69) is 0 Å². The van der Waals surface area contributed by atoms with Gasteiger partial charge in [-0.3, -0.25) is 0 Å². The highest BCUT2D eigenvalue weighted by Gasteiger charge is 2.15. The van der Waals surface area contributed by atoms with Gasteiger partial charge in [-0.1, -0.05) is 0 Å². The van der Waals surface area contributed by atoms with Crippen LogP contribution in [0.1, 0.15) is 36.5 Å². The summed E-state index contributed by atoms with van der Waals surface area (Å²) >= 11 is 0. The fraction of sp³-hybridized carbons (Fsp3) is 0.533. The Labute approximate surface area is 119 Å². The van der Waals surface area contributed by atoms with E-state index in [0.717, 1.165) is 19.4 Å². The molecule has 5 nitrogen and oxygen atoms in total. The summed E-state index contributed by atoms with van der Waals surface area (Å²) in [7, 11) is 0. The average molecular weight is 279 g/mol. The quantitative estimate of drug-likeness (QED) is 0.662. The van der Waals surface area contributed by atoms with Crippen molar-refractivity contribution in [3.63, 3.8) is 0 Å². The standard InChI is InChI=1S/C15H21NO4/c1-2-18-15(17)11-6-7-14(13(16)9-11)20-10-12-5-3-4-8-19-12/h6-7,9,12H,2-5,8,10,16H2,1H3. The van der Waals surface area contributed by atoms with E-state index in [1.165, 1.54) is 6.42 Å². The second-order valence-corrected chi connectivity index (χ2v) is 4.77. The number of anilines is 1. The largest absolute Gasteiger partial charge is 0.489 e. The van der Waals surface area contributed by atoms with Gasteiger partial charge in [-0.2, -0.15) is 0 Å². The first-order valence-electron chi connectivity index (χ1n) is 7.01. The third-order valence-corrected chi connectivity index (χ3v) is 3.22. The van der Waals surface area contributed by atoms with Crippen molar-refractivity contribution >= 4 is 11.7 Å². The van der Waals surface area contributed by atoms with Gasteiger partial charge in [0, 0.05) is 6.61 Å². The molecule has 1 fully saturated rings. The molecule has 1 unspecified atom stereocenters. The van der Waals surface area contributed by atoms with Crippen molar-refractivity contribution in [2.45, 2.75) is 32.3 Å². The van der Waals surface area contributed by atoms with Crippen LogP contribution in [0.2, 0.25) is 0 Å². The minimum Gasteiger partial charge on any atom is -0.489 e. The zero-order valence-electron chi connectivity index (χ0n) is 11.8. The Kier molecular flexibility index (Phi) is 5.24. The summed E-state index contributed by atoms with van der Waals surface area (Å²) in [6.07, 6.45) is 3.44. The van der Waals surface area contributed by atoms with Crippen LogP contribution in [0.15, 0.2) is 18.2 Å². The number of rotatable bonds is 5. The van der Waals surface area contributed by atoms with E-state index in [1.807, 2.05) is 0 Å². The molecule has 0 bridgehead atoms. The van der Waals surface area contributed by atoms with Crippen LogP contribution in [0, 0.1) is 0 Å². The molecule has 1 atom stereocenters. The Balaban J connectivity index is 1.93. The number of esters is 1. The minimum atomic E-state index is -0.374. The second kappa shape index (κ2) is 7.14. The van der Waals surface area contributed by atoms with E-state index in [9.17, 15) is 4.79 Å². The van der Waals surface area contributed by atoms with E-state index < -0.39 is 0 Å². The van der Waals surface area contributed by atoms with Crippen LogP contribution in [0.4, 0.5) is 5.69 Å². The molecule has 0 radical (unpaired) electrons.